The number of aliphatic hydroxyl groups excluding tert-OH is 1. The summed E-state index contributed by atoms with van der Waals surface area (Å²) >= 11 is 0. The zero-order chi connectivity index (χ0) is 14.4. The van der Waals surface area contributed by atoms with Gasteiger partial charge in [0.05, 0.1) is 6.04 Å². The summed E-state index contributed by atoms with van der Waals surface area (Å²) in [6.07, 6.45) is -0.428. The molecule has 1 aromatic rings. The Balaban J connectivity index is 2.59. The summed E-state index contributed by atoms with van der Waals surface area (Å²) in [6.45, 7) is 11.6. The van der Waals surface area contributed by atoms with Crippen LogP contribution in [-0.2, 0) is 0 Å². The summed E-state index contributed by atoms with van der Waals surface area (Å²) in [5.41, 5.74) is 2.38. The molecule has 1 atom stereocenters. The smallest absolute Gasteiger partial charge is 0.137 e. The average Bonchev–Trinajstić information content (AvgIpc) is 2.33. The van der Waals surface area contributed by atoms with Gasteiger partial charge in [-0.2, -0.15) is 0 Å². The Kier molecular flexibility index (Phi) is 6.32. The molecule has 3 N–H and O–H groups in total. The van der Waals surface area contributed by atoms with Crippen molar-refractivity contribution in [1.29, 1.82) is 0 Å². The van der Waals surface area contributed by atoms with E-state index in [1.165, 1.54) is 11.1 Å². The molecular weight excluding hydrogens is 238 g/mol. The van der Waals surface area contributed by atoms with E-state index in [0.717, 1.165) is 5.75 Å². The third-order valence-corrected chi connectivity index (χ3v) is 3.10. The molecule has 19 heavy (non-hydrogen) atoms. The molecule has 0 radical (unpaired) electrons. The lowest BCUT2D eigenvalue weighted by molar-refractivity contribution is -0.688. The highest BCUT2D eigenvalue weighted by atomic mass is 16.5. The van der Waals surface area contributed by atoms with Crippen molar-refractivity contribution < 1.29 is 15.2 Å². The number of nitrogens with two attached hydrogens (primary N) is 1. The van der Waals surface area contributed by atoms with Crippen LogP contribution in [0.2, 0.25) is 0 Å². The number of aliphatic hydroxyl groups is 1. The number of benzene rings is 1. The molecule has 0 amide bonds. The highest BCUT2D eigenvalue weighted by Gasteiger charge is 2.12. The lowest BCUT2D eigenvalue weighted by Crippen LogP contribution is -2.90. The van der Waals surface area contributed by atoms with Crippen LogP contribution in [0, 0.1) is 6.92 Å². The first-order valence-electron chi connectivity index (χ1n) is 7.15. The molecule has 1 rings (SSSR count). The van der Waals surface area contributed by atoms with Gasteiger partial charge >= 0.3 is 0 Å². The van der Waals surface area contributed by atoms with Gasteiger partial charge < -0.3 is 15.2 Å². The Morgan fingerprint density at radius 2 is 1.89 bits per heavy atom. The molecule has 1 aromatic carbocycles. The van der Waals surface area contributed by atoms with Crippen molar-refractivity contribution >= 4 is 0 Å². The third kappa shape index (κ3) is 5.62. The van der Waals surface area contributed by atoms with Crippen LogP contribution in [0.1, 0.15) is 44.7 Å². The Morgan fingerprint density at radius 1 is 1.21 bits per heavy atom. The molecule has 0 aromatic heterocycles. The molecule has 3 heteroatoms. The van der Waals surface area contributed by atoms with E-state index in [1.54, 1.807) is 0 Å². The summed E-state index contributed by atoms with van der Waals surface area (Å²) in [4.78, 5) is 0. The van der Waals surface area contributed by atoms with Crippen LogP contribution in [-0.4, -0.2) is 30.4 Å². The maximum absolute atomic E-state index is 9.90. The van der Waals surface area contributed by atoms with Gasteiger partial charge in [0.2, 0.25) is 0 Å². The fourth-order valence-corrected chi connectivity index (χ4v) is 1.93. The van der Waals surface area contributed by atoms with Crippen LogP contribution in [0.3, 0.4) is 0 Å². The van der Waals surface area contributed by atoms with Gasteiger partial charge in [-0.05, 0) is 43.9 Å². The second-order valence-corrected chi connectivity index (χ2v) is 5.88. The van der Waals surface area contributed by atoms with E-state index in [9.17, 15) is 5.11 Å². The second kappa shape index (κ2) is 7.51. The summed E-state index contributed by atoms with van der Waals surface area (Å²) in [5, 5.41) is 12.0. The number of ether oxygens (including phenoxy) is 1. The summed E-state index contributed by atoms with van der Waals surface area (Å²) in [6, 6.07) is 6.77. The Labute approximate surface area is 117 Å². The van der Waals surface area contributed by atoms with Crippen LogP contribution in [0.5, 0.6) is 5.75 Å². The molecular formula is C16H28NO2+. The average molecular weight is 266 g/mol. The van der Waals surface area contributed by atoms with Gasteiger partial charge in [-0.1, -0.05) is 26.0 Å². The van der Waals surface area contributed by atoms with Gasteiger partial charge in [0.15, 0.2) is 0 Å². The van der Waals surface area contributed by atoms with E-state index in [0.29, 0.717) is 25.1 Å². The molecule has 0 aliphatic carbocycles. The lowest BCUT2D eigenvalue weighted by Gasteiger charge is -2.17. The second-order valence-electron chi connectivity index (χ2n) is 5.88. The topological polar surface area (TPSA) is 46.1 Å². The normalized spacial score (nSPS) is 13.1. The number of aryl methyl sites for hydroxylation is 1. The lowest BCUT2D eigenvalue weighted by atomic mass is 10.0. The van der Waals surface area contributed by atoms with Gasteiger partial charge in [-0.25, -0.2) is 0 Å². The van der Waals surface area contributed by atoms with Crippen molar-refractivity contribution in [2.24, 2.45) is 0 Å². The first kappa shape index (κ1) is 16.0. The highest BCUT2D eigenvalue weighted by Crippen LogP contribution is 2.27. The molecule has 0 heterocycles. The quantitative estimate of drug-likeness (QED) is 0.791. The number of rotatable bonds is 7. The van der Waals surface area contributed by atoms with Crippen LogP contribution >= 0.6 is 0 Å². The molecule has 0 saturated carbocycles. The molecule has 0 unspecified atom stereocenters. The molecule has 108 valence electrons. The summed E-state index contributed by atoms with van der Waals surface area (Å²) < 4.78 is 5.80. The first-order chi connectivity index (χ1) is 8.90. The maximum Gasteiger partial charge on any atom is 0.137 e. The van der Waals surface area contributed by atoms with Gasteiger partial charge in [0.25, 0.3) is 0 Å². The molecule has 0 aliphatic heterocycles. The number of hydrogen-bond acceptors (Lipinski definition) is 2. The van der Waals surface area contributed by atoms with Crippen molar-refractivity contribution in [3.05, 3.63) is 29.3 Å². The number of hydrogen-bond donors (Lipinski definition) is 2. The van der Waals surface area contributed by atoms with Crippen molar-refractivity contribution in [3.63, 3.8) is 0 Å². The monoisotopic (exact) mass is 266 g/mol. The number of quaternary nitrogens is 1. The molecule has 0 fully saturated rings. The van der Waals surface area contributed by atoms with E-state index in [1.807, 2.05) is 6.07 Å². The van der Waals surface area contributed by atoms with Crippen molar-refractivity contribution in [2.75, 3.05) is 13.2 Å². The Morgan fingerprint density at radius 3 is 2.47 bits per heavy atom. The van der Waals surface area contributed by atoms with E-state index >= 15 is 0 Å². The maximum atomic E-state index is 9.90. The van der Waals surface area contributed by atoms with E-state index in [-0.39, 0.29) is 0 Å². The van der Waals surface area contributed by atoms with Crippen molar-refractivity contribution in [3.8, 4) is 5.75 Å². The fraction of sp³-hybridized carbons (Fsp3) is 0.625. The van der Waals surface area contributed by atoms with Gasteiger partial charge in [-0.3, -0.25) is 0 Å². The molecule has 0 aliphatic rings. The fourth-order valence-electron chi connectivity index (χ4n) is 1.93. The zero-order valence-electron chi connectivity index (χ0n) is 12.8. The summed E-state index contributed by atoms with van der Waals surface area (Å²) in [5.74, 6) is 1.33. The van der Waals surface area contributed by atoms with Crippen molar-refractivity contribution in [2.45, 2.75) is 52.7 Å². The third-order valence-electron chi connectivity index (χ3n) is 3.10. The predicted octanol–water partition coefficient (Wildman–Crippen LogP) is 1.83. The van der Waals surface area contributed by atoms with E-state index in [4.69, 9.17) is 4.74 Å². The van der Waals surface area contributed by atoms with E-state index in [2.05, 4.69) is 52.1 Å². The van der Waals surface area contributed by atoms with E-state index < -0.39 is 6.10 Å². The van der Waals surface area contributed by atoms with Crippen molar-refractivity contribution in [1.82, 2.24) is 0 Å². The van der Waals surface area contributed by atoms with Crippen LogP contribution in [0.15, 0.2) is 18.2 Å². The molecule has 0 bridgehead atoms. The molecule has 0 saturated heterocycles. The Bertz CT molecular complexity index is 388. The summed E-state index contributed by atoms with van der Waals surface area (Å²) in [7, 11) is 0. The minimum absolute atomic E-state index is 0.354. The zero-order valence-corrected chi connectivity index (χ0v) is 12.8. The van der Waals surface area contributed by atoms with Crippen LogP contribution < -0.4 is 10.1 Å². The van der Waals surface area contributed by atoms with Gasteiger partial charge in [0, 0.05) is 0 Å². The molecule has 0 spiro atoms. The highest BCUT2D eigenvalue weighted by molar-refractivity contribution is 5.39. The predicted molar refractivity (Wildman–Crippen MR) is 78.7 cm³/mol. The standard InChI is InChI=1S/C16H27NO2/c1-11(2)15-7-6-13(5)8-16(15)19-10-14(18)9-17-12(3)4/h6-8,11-12,14,17-18H,9-10H2,1-5H3/p+1/t14-/m1/s1. The van der Waals surface area contributed by atoms with Crippen LogP contribution in [0.25, 0.3) is 0 Å². The minimum Gasteiger partial charge on any atom is -0.490 e. The first-order valence-corrected chi connectivity index (χ1v) is 7.15. The van der Waals surface area contributed by atoms with Gasteiger partial charge in [-0.15, -0.1) is 0 Å². The molecule has 3 nitrogen and oxygen atoms in total. The minimum atomic E-state index is -0.428. The van der Waals surface area contributed by atoms with Gasteiger partial charge in [0.1, 0.15) is 25.0 Å². The van der Waals surface area contributed by atoms with Crippen LogP contribution in [0.4, 0.5) is 0 Å². The Hall–Kier alpha value is -1.06. The largest absolute Gasteiger partial charge is 0.490 e. The SMILES string of the molecule is Cc1ccc(C(C)C)c(OC[C@H](O)C[NH2+]C(C)C)c1.